The molecule has 9 heterocycles. The fourth-order valence-electron chi connectivity index (χ4n) is 7.84. The number of anilines is 6. The number of nitrogens with zero attached hydrogens (tertiary/aromatic N) is 14. The van der Waals surface area contributed by atoms with Crippen molar-refractivity contribution in [3.63, 3.8) is 0 Å². The number of fused-ring (bicyclic) bond motifs is 1. The van der Waals surface area contributed by atoms with E-state index in [9.17, 15) is 9.59 Å². The maximum Gasteiger partial charge on any atom is 0.255 e. The molecule has 4 aliphatic heterocycles. The molecule has 2 amide bonds. The van der Waals surface area contributed by atoms with E-state index in [1.807, 2.05) is 14.7 Å². The SMILES string of the molecule is CC1CN(c2nc(N)nc3[nH]cnc23)CCN1c1ncc(C(=O)N2CCCC2)cc1Cl.Nc1ncnc(N2CCN(c3ncc(C(=O)N4CCCC4)cc3Cl)CC2)n1. The molecule has 5 aromatic rings. The van der Waals surface area contributed by atoms with Crippen LogP contribution in [0, 0.1) is 0 Å². The Bertz CT molecular complexity index is 2270. The van der Waals surface area contributed by atoms with Crippen LogP contribution in [0.2, 0.25) is 10.0 Å². The number of rotatable bonds is 6. The predicted molar refractivity (Wildman–Crippen MR) is 223 cm³/mol. The van der Waals surface area contributed by atoms with Crippen LogP contribution in [0.3, 0.4) is 0 Å². The first kappa shape index (κ1) is 39.0. The number of piperazine rings is 2. The average molecular weight is 831 g/mol. The third kappa shape index (κ3) is 8.27. The highest BCUT2D eigenvalue weighted by atomic mass is 35.5. The monoisotopic (exact) mass is 829 g/mol. The van der Waals surface area contributed by atoms with Crippen LogP contribution in [0.1, 0.15) is 53.3 Å². The highest BCUT2D eigenvalue weighted by Gasteiger charge is 2.30. The number of aromatic amines is 1. The van der Waals surface area contributed by atoms with Gasteiger partial charge in [-0.2, -0.15) is 15.0 Å². The third-order valence-electron chi connectivity index (χ3n) is 10.8. The highest BCUT2D eigenvalue weighted by Crippen LogP contribution is 2.31. The number of likely N-dealkylation sites (tertiary alicyclic amines) is 2. The normalized spacial score (nSPS) is 18.5. The zero-order chi connectivity index (χ0) is 40.3. The van der Waals surface area contributed by atoms with Gasteiger partial charge in [0.25, 0.3) is 11.8 Å². The number of imidazole rings is 1. The molecule has 304 valence electrons. The molecular weight excluding hydrogens is 785 g/mol. The Morgan fingerprint density at radius 3 is 1.83 bits per heavy atom. The molecule has 0 spiro atoms. The van der Waals surface area contributed by atoms with Gasteiger partial charge in [0.05, 0.1) is 27.5 Å². The lowest BCUT2D eigenvalue weighted by atomic mass is 10.1. The summed E-state index contributed by atoms with van der Waals surface area (Å²) in [5.41, 5.74) is 13.9. The molecule has 9 rings (SSSR count). The van der Waals surface area contributed by atoms with E-state index < -0.39 is 0 Å². The predicted octanol–water partition coefficient (Wildman–Crippen LogP) is 3.00. The minimum atomic E-state index is 0.000637. The molecule has 0 aromatic carbocycles. The zero-order valence-corrected chi connectivity index (χ0v) is 33.6. The fourth-order valence-corrected chi connectivity index (χ4v) is 8.40. The van der Waals surface area contributed by atoms with E-state index in [1.54, 1.807) is 30.9 Å². The molecule has 19 nitrogen and oxygen atoms in total. The molecule has 4 aliphatic rings. The molecule has 58 heavy (non-hydrogen) atoms. The number of H-pyrrole nitrogens is 1. The van der Waals surface area contributed by atoms with Crippen molar-refractivity contribution in [1.82, 2.24) is 54.7 Å². The second kappa shape index (κ2) is 17.0. The van der Waals surface area contributed by atoms with Gasteiger partial charge in [0.15, 0.2) is 17.0 Å². The Balaban J connectivity index is 0.000000164. The molecule has 4 saturated heterocycles. The lowest BCUT2D eigenvalue weighted by Gasteiger charge is -2.41. The smallest absolute Gasteiger partial charge is 0.255 e. The largest absolute Gasteiger partial charge is 0.368 e. The van der Waals surface area contributed by atoms with Crippen LogP contribution in [0.4, 0.5) is 35.3 Å². The zero-order valence-electron chi connectivity index (χ0n) is 32.1. The van der Waals surface area contributed by atoms with Gasteiger partial charge in [-0.3, -0.25) is 9.59 Å². The van der Waals surface area contributed by atoms with Gasteiger partial charge < -0.3 is 45.9 Å². The van der Waals surface area contributed by atoms with Crippen molar-refractivity contribution in [3.05, 3.63) is 58.4 Å². The van der Waals surface area contributed by atoms with Gasteiger partial charge in [0, 0.05) is 90.4 Å². The molecule has 21 heteroatoms. The second-order valence-corrected chi connectivity index (χ2v) is 15.5. The van der Waals surface area contributed by atoms with Gasteiger partial charge in [0.1, 0.15) is 18.0 Å². The van der Waals surface area contributed by atoms with Crippen molar-refractivity contribution >= 4 is 81.5 Å². The number of nitrogens with two attached hydrogens (primary N) is 2. The lowest BCUT2D eigenvalue weighted by Crippen LogP contribution is -2.53. The van der Waals surface area contributed by atoms with E-state index in [0.717, 1.165) is 83.9 Å². The van der Waals surface area contributed by atoms with Gasteiger partial charge >= 0.3 is 0 Å². The van der Waals surface area contributed by atoms with Crippen molar-refractivity contribution in [3.8, 4) is 0 Å². The van der Waals surface area contributed by atoms with Gasteiger partial charge in [-0.1, -0.05) is 23.2 Å². The van der Waals surface area contributed by atoms with Crippen molar-refractivity contribution in [2.24, 2.45) is 0 Å². The molecule has 1 unspecified atom stereocenters. The van der Waals surface area contributed by atoms with E-state index in [4.69, 9.17) is 34.7 Å². The van der Waals surface area contributed by atoms with E-state index in [1.165, 1.54) is 6.33 Å². The number of carbonyl (C=O) groups excluding carboxylic acids is 2. The summed E-state index contributed by atoms with van der Waals surface area (Å²) in [6.45, 7) is 10.3. The number of pyridine rings is 2. The Labute approximate surface area is 344 Å². The summed E-state index contributed by atoms with van der Waals surface area (Å²) in [6.07, 6.45) is 10.5. The van der Waals surface area contributed by atoms with Gasteiger partial charge in [-0.25, -0.2) is 24.9 Å². The third-order valence-corrected chi connectivity index (χ3v) is 11.4. The van der Waals surface area contributed by atoms with Crippen LogP contribution >= 0.6 is 23.2 Å². The Morgan fingerprint density at radius 1 is 0.655 bits per heavy atom. The molecule has 0 aliphatic carbocycles. The minimum absolute atomic E-state index is 0.000637. The Kier molecular flexibility index (Phi) is 11.4. The number of nitrogens with one attached hydrogen (secondary N) is 1. The summed E-state index contributed by atoms with van der Waals surface area (Å²) in [7, 11) is 0. The average Bonchev–Trinajstić information content (AvgIpc) is 4.05. The van der Waals surface area contributed by atoms with Crippen molar-refractivity contribution in [1.29, 1.82) is 0 Å². The number of aromatic nitrogens is 9. The van der Waals surface area contributed by atoms with Crippen molar-refractivity contribution in [2.45, 2.75) is 38.6 Å². The molecule has 1 atom stereocenters. The van der Waals surface area contributed by atoms with Crippen molar-refractivity contribution < 1.29 is 9.59 Å². The molecular formula is C37H45Cl2N17O2. The van der Waals surface area contributed by atoms with E-state index >= 15 is 0 Å². The second-order valence-electron chi connectivity index (χ2n) is 14.7. The molecule has 5 N–H and O–H groups in total. The van der Waals surface area contributed by atoms with Crippen LogP contribution < -0.4 is 31.1 Å². The Hall–Kier alpha value is -5.82. The lowest BCUT2D eigenvalue weighted by molar-refractivity contribution is 0.0784. The van der Waals surface area contributed by atoms with E-state index in [0.29, 0.717) is 69.6 Å². The minimum Gasteiger partial charge on any atom is -0.368 e. The topological polar surface area (TPSA) is 225 Å². The quantitative estimate of drug-likeness (QED) is 0.224. The summed E-state index contributed by atoms with van der Waals surface area (Å²) in [5.74, 6) is 3.12. The summed E-state index contributed by atoms with van der Waals surface area (Å²) in [4.78, 5) is 74.4. The first-order valence-electron chi connectivity index (χ1n) is 19.4. The maximum absolute atomic E-state index is 12.6. The number of hydrogen-bond donors (Lipinski definition) is 3. The molecule has 4 fully saturated rings. The number of nitrogen functional groups attached to an aromatic ring is 2. The van der Waals surface area contributed by atoms with Crippen LogP contribution in [0.25, 0.3) is 11.2 Å². The van der Waals surface area contributed by atoms with E-state index in [2.05, 4.69) is 66.5 Å². The number of carbonyl (C=O) groups is 2. The molecule has 0 radical (unpaired) electrons. The number of halogens is 2. The van der Waals surface area contributed by atoms with Gasteiger partial charge in [0.2, 0.25) is 17.8 Å². The molecule has 5 aromatic heterocycles. The maximum atomic E-state index is 12.6. The molecule has 0 bridgehead atoms. The first-order valence-corrected chi connectivity index (χ1v) is 20.2. The van der Waals surface area contributed by atoms with Gasteiger partial charge in [-0.05, 0) is 44.7 Å². The fraction of sp³-hybridized carbons (Fsp3) is 0.459. The summed E-state index contributed by atoms with van der Waals surface area (Å²) in [5, 5.41) is 0.990. The summed E-state index contributed by atoms with van der Waals surface area (Å²) >= 11 is 13.0. The summed E-state index contributed by atoms with van der Waals surface area (Å²) < 4.78 is 0. The standard InChI is InChI=1S/C20H24ClN9O.C17H21ClN8O/c1-12-10-29(18-15-16(25-11-24-15)26-20(22)27-18)6-7-30(12)17-14(21)8-13(9-23-17)19(31)28-4-2-3-5-28;18-13-9-12(15(27)25-3-1-2-4-25)10-20-14(13)24-5-7-26(8-6-24)17-22-11-21-16(19)23-17/h8-9,11-12H,2-7,10H2,1H3,(H3,22,24,25,26,27);9-11H,1-8H2,(H2,19,21,22,23). The van der Waals surface area contributed by atoms with E-state index in [-0.39, 0.29) is 29.8 Å². The van der Waals surface area contributed by atoms with Gasteiger partial charge in [-0.15, -0.1) is 0 Å². The van der Waals surface area contributed by atoms with Crippen LogP contribution in [-0.4, -0.2) is 145 Å². The first-order chi connectivity index (χ1) is 28.1. The van der Waals surface area contributed by atoms with Crippen LogP contribution in [0.15, 0.2) is 37.2 Å². The highest BCUT2D eigenvalue weighted by molar-refractivity contribution is 6.33. The van der Waals surface area contributed by atoms with Crippen LogP contribution in [-0.2, 0) is 0 Å². The summed E-state index contributed by atoms with van der Waals surface area (Å²) in [6, 6.07) is 3.58. The van der Waals surface area contributed by atoms with Crippen molar-refractivity contribution in [2.75, 3.05) is 103 Å². The Morgan fingerprint density at radius 2 is 1.24 bits per heavy atom. The number of hydrogen-bond acceptors (Lipinski definition) is 16. The number of amides is 2. The molecule has 0 saturated carbocycles. The van der Waals surface area contributed by atoms with Crippen LogP contribution in [0.5, 0.6) is 0 Å².